The van der Waals surface area contributed by atoms with Crippen molar-refractivity contribution < 1.29 is 14.6 Å². The average molecular weight is 252 g/mol. The molecule has 1 rings (SSSR count). The highest BCUT2D eigenvalue weighted by Gasteiger charge is 2.17. The predicted molar refractivity (Wildman–Crippen MR) is 68.6 cm³/mol. The zero-order valence-electron chi connectivity index (χ0n) is 11.0. The fraction of sp³-hybridized carbons (Fsp3) is 0.538. The molecule has 0 saturated heterocycles. The Morgan fingerprint density at radius 1 is 1.56 bits per heavy atom. The lowest BCUT2D eigenvalue weighted by Gasteiger charge is -2.18. The van der Waals surface area contributed by atoms with Crippen LogP contribution in [0.1, 0.15) is 30.6 Å². The van der Waals surface area contributed by atoms with Crippen LogP contribution in [0.15, 0.2) is 18.3 Å². The van der Waals surface area contributed by atoms with Crippen LogP contribution in [0.4, 0.5) is 0 Å². The molecule has 0 saturated carbocycles. The van der Waals surface area contributed by atoms with Crippen LogP contribution in [0.25, 0.3) is 0 Å². The van der Waals surface area contributed by atoms with Crippen molar-refractivity contribution in [1.82, 2.24) is 10.3 Å². The summed E-state index contributed by atoms with van der Waals surface area (Å²) in [6, 6.07) is 3.07. The first kappa shape index (κ1) is 14.4. The highest BCUT2D eigenvalue weighted by molar-refractivity contribution is 5.96. The largest absolute Gasteiger partial charge is 0.480 e. The third-order valence-electron chi connectivity index (χ3n) is 2.52. The van der Waals surface area contributed by atoms with E-state index in [9.17, 15) is 9.90 Å². The number of aliphatic hydroxyl groups is 1. The number of methoxy groups -OCH3 is 1. The van der Waals surface area contributed by atoms with Gasteiger partial charge in [0.15, 0.2) is 0 Å². The molecule has 0 bridgehead atoms. The first-order valence-corrected chi connectivity index (χ1v) is 5.99. The van der Waals surface area contributed by atoms with Crippen LogP contribution >= 0.6 is 0 Å². The molecule has 1 aromatic rings. The molecule has 1 aromatic heterocycles. The van der Waals surface area contributed by atoms with Gasteiger partial charge in [0.1, 0.15) is 5.56 Å². The van der Waals surface area contributed by atoms with Crippen molar-refractivity contribution in [3.63, 3.8) is 0 Å². The second-order valence-electron chi connectivity index (χ2n) is 4.54. The van der Waals surface area contributed by atoms with Gasteiger partial charge in [-0.25, -0.2) is 4.98 Å². The summed E-state index contributed by atoms with van der Waals surface area (Å²) in [5.41, 5.74) is 0.377. The first-order valence-electron chi connectivity index (χ1n) is 5.99. The van der Waals surface area contributed by atoms with Crippen LogP contribution in [-0.2, 0) is 0 Å². The van der Waals surface area contributed by atoms with Gasteiger partial charge in [0.2, 0.25) is 5.88 Å². The number of pyridine rings is 1. The van der Waals surface area contributed by atoms with Gasteiger partial charge in [0.05, 0.1) is 19.8 Å². The van der Waals surface area contributed by atoms with Gasteiger partial charge in [-0.2, -0.15) is 0 Å². The maximum Gasteiger partial charge on any atom is 0.257 e. The molecule has 0 aliphatic carbocycles. The van der Waals surface area contributed by atoms with Crippen molar-refractivity contribution >= 4 is 5.91 Å². The van der Waals surface area contributed by atoms with Crippen LogP contribution in [0.2, 0.25) is 0 Å². The van der Waals surface area contributed by atoms with Crippen molar-refractivity contribution in [3.05, 3.63) is 23.9 Å². The summed E-state index contributed by atoms with van der Waals surface area (Å²) >= 11 is 0. The third kappa shape index (κ3) is 4.00. The average Bonchev–Trinajstić information content (AvgIpc) is 2.37. The van der Waals surface area contributed by atoms with Gasteiger partial charge in [-0.15, -0.1) is 0 Å². The van der Waals surface area contributed by atoms with Gasteiger partial charge in [-0.3, -0.25) is 4.79 Å². The molecule has 0 aromatic carbocycles. The summed E-state index contributed by atoms with van der Waals surface area (Å²) in [5.74, 6) is 0.411. The molecule has 0 aliphatic heterocycles. The topological polar surface area (TPSA) is 71.5 Å². The summed E-state index contributed by atoms with van der Waals surface area (Å²) in [4.78, 5) is 16.0. The molecule has 1 atom stereocenters. The first-order chi connectivity index (χ1) is 8.58. The van der Waals surface area contributed by atoms with Gasteiger partial charge in [0.25, 0.3) is 5.91 Å². The van der Waals surface area contributed by atoms with E-state index in [1.54, 1.807) is 18.3 Å². The number of hydrogen-bond donors (Lipinski definition) is 2. The lowest BCUT2D eigenvalue weighted by Crippen LogP contribution is -2.38. The Morgan fingerprint density at radius 2 is 2.28 bits per heavy atom. The van der Waals surface area contributed by atoms with Gasteiger partial charge >= 0.3 is 0 Å². The maximum atomic E-state index is 12.0. The van der Waals surface area contributed by atoms with E-state index in [0.717, 1.165) is 6.42 Å². The van der Waals surface area contributed by atoms with E-state index in [-0.39, 0.29) is 24.4 Å². The predicted octanol–water partition coefficient (Wildman–Crippen LogP) is 1.23. The monoisotopic (exact) mass is 252 g/mol. The molecule has 100 valence electrons. The molecule has 5 heteroatoms. The van der Waals surface area contributed by atoms with Crippen LogP contribution in [0, 0.1) is 5.92 Å². The second-order valence-corrected chi connectivity index (χ2v) is 4.54. The number of rotatable bonds is 6. The highest BCUT2D eigenvalue weighted by Crippen LogP contribution is 2.14. The summed E-state index contributed by atoms with van der Waals surface area (Å²) < 4.78 is 5.03. The SMILES string of the molecule is COc1ncccc1C(=O)NC(CO)CC(C)C. The lowest BCUT2D eigenvalue weighted by atomic mass is 10.0. The smallest absolute Gasteiger partial charge is 0.257 e. The number of ether oxygens (including phenoxy) is 1. The van der Waals surface area contributed by atoms with Gasteiger partial charge < -0.3 is 15.2 Å². The standard InChI is InChI=1S/C13H20N2O3/c1-9(2)7-10(8-16)15-12(17)11-5-4-6-14-13(11)18-3/h4-6,9-10,16H,7-8H2,1-3H3,(H,15,17). The van der Waals surface area contributed by atoms with Gasteiger partial charge in [-0.1, -0.05) is 13.8 Å². The molecule has 1 unspecified atom stereocenters. The number of carbonyl (C=O) groups excluding carboxylic acids is 1. The number of carbonyl (C=O) groups is 1. The minimum Gasteiger partial charge on any atom is -0.480 e. The Morgan fingerprint density at radius 3 is 2.83 bits per heavy atom. The molecular weight excluding hydrogens is 232 g/mol. The molecule has 0 fully saturated rings. The Balaban J connectivity index is 2.74. The summed E-state index contributed by atoms with van der Waals surface area (Å²) in [6.07, 6.45) is 2.29. The Kier molecular flexibility index (Phi) is 5.58. The fourth-order valence-corrected chi connectivity index (χ4v) is 1.74. The third-order valence-corrected chi connectivity index (χ3v) is 2.52. The van der Waals surface area contributed by atoms with E-state index in [2.05, 4.69) is 10.3 Å². The number of aliphatic hydroxyl groups excluding tert-OH is 1. The van der Waals surface area contributed by atoms with Gasteiger partial charge in [0, 0.05) is 6.20 Å². The van der Waals surface area contributed by atoms with Crippen molar-refractivity contribution in [2.75, 3.05) is 13.7 Å². The quantitative estimate of drug-likeness (QED) is 0.798. The van der Waals surface area contributed by atoms with Crippen molar-refractivity contribution in [2.45, 2.75) is 26.3 Å². The number of aromatic nitrogens is 1. The normalized spacial score (nSPS) is 12.3. The minimum absolute atomic E-state index is 0.0769. The zero-order chi connectivity index (χ0) is 13.5. The van der Waals surface area contributed by atoms with Crippen molar-refractivity contribution in [3.8, 4) is 5.88 Å². The van der Waals surface area contributed by atoms with E-state index >= 15 is 0 Å². The highest BCUT2D eigenvalue weighted by atomic mass is 16.5. The van der Waals surface area contributed by atoms with Crippen molar-refractivity contribution in [2.24, 2.45) is 5.92 Å². The van der Waals surface area contributed by atoms with E-state index < -0.39 is 0 Å². The second kappa shape index (κ2) is 6.96. The summed E-state index contributed by atoms with van der Waals surface area (Å²) in [6.45, 7) is 4.01. The number of hydrogen-bond acceptors (Lipinski definition) is 4. The number of amides is 1. The molecule has 5 nitrogen and oxygen atoms in total. The van der Waals surface area contributed by atoms with E-state index in [1.165, 1.54) is 7.11 Å². The molecule has 0 spiro atoms. The molecule has 0 aliphatic rings. The maximum absolute atomic E-state index is 12.0. The fourth-order valence-electron chi connectivity index (χ4n) is 1.74. The molecule has 18 heavy (non-hydrogen) atoms. The summed E-state index contributed by atoms with van der Waals surface area (Å²) in [5, 5.41) is 12.0. The summed E-state index contributed by atoms with van der Waals surface area (Å²) in [7, 11) is 1.47. The molecule has 1 heterocycles. The Labute approximate surface area is 107 Å². The van der Waals surface area contributed by atoms with Crippen LogP contribution in [0.5, 0.6) is 5.88 Å². The van der Waals surface area contributed by atoms with Crippen molar-refractivity contribution in [1.29, 1.82) is 0 Å². The van der Waals surface area contributed by atoms with Crippen LogP contribution in [-0.4, -0.2) is 35.8 Å². The molecule has 0 radical (unpaired) electrons. The molecular formula is C13H20N2O3. The van der Waals surface area contributed by atoms with E-state index in [1.807, 2.05) is 13.8 Å². The van der Waals surface area contributed by atoms with Gasteiger partial charge in [-0.05, 0) is 24.5 Å². The van der Waals surface area contributed by atoms with Crippen LogP contribution < -0.4 is 10.1 Å². The van der Waals surface area contributed by atoms with E-state index in [0.29, 0.717) is 11.5 Å². The minimum atomic E-state index is -0.278. The molecule has 2 N–H and O–H groups in total. The zero-order valence-corrected chi connectivity index (χ0v) is 11.0. The Bertz CT molecular complexity index is 394. The lowest BCUT2D eigenvalue weighted by molar-refractivity contribution is 0.0904. The Hall–Kier alpha value is -1.62. The molecule has 1 amide bonds. The van der Waals surface area contributed by atoms with Crippen LogP contribution in [0.3, 0.4) is 0 Å². The number of nitrogens with one attached hydrogen (secondary N) is 1. The van der Waals surface area contributed by atoms with E-state index in [4.69, 9.17) is 4.74 Å². The number of nitrogens with zero attached hydrogens (tertiary/aromatic N) is 1.